The largest absolute Gasteiger partial charge is 0.480 e. The summed E-state index contributed by atoms with van der Waals surface area (Å²) >= 11 is 0. The summed E-state index contributed by atoms with van der Waals surface area (Å²) < 4.78 is 0. The van der Waals surface area contributed by atoms with Gasteiger partial charge in [0.15, 0.2) is 0 Å². The van der Waals surface area contributed by atoms with E-state index in [4.69, 9.17) is 5.11 Å². The molecule has 1 aromatic rings. The van der Waals surface area contributed by atoms with E-state index < -0.39 is 5.97 Å². The van der Waals surface area contributed by atoms with Gasteiger partial charge in [0.05, 0.1) is 6.04 Å². The van der Waals surface area contributed by atoms with Crippen LogP contribution in [0.5, 0.6) is 0 Å². The molecule has 0 bridgehead atoms. The van der Waals surface area contributed by atoms with E-state index in [1.165, 1.54) is 10.5 Å². The van der Waals surface area contributed by atoms with Crippen LogP contribution in [-0.4, -0.2) is 52.5 Å². The number of carboxylic acid groups (broad SMARTS) is 1. The maximum absolute atomic E-state index is 12.5. The molecule has 1 aromatic carbocycles. The molecule has 1 amide bonds. The van der Waals surface area contributed by atoms with Crippen molar-refractivity contribution in [2.45, 2.75) is 32.4 Å². The molecule has 0 radical (unpaired) electrons. The molecular weight excluding hydrogens is 268 g/mol. The van der Waals surface area contributed by atoms with E-state index in [2.05, 4.69) is 17.0 Å². The Hall–Kier alpha value is -1.88. The number of benzene rings is 1. The monoisotopic (exact) mass is 290 g/mol. The molecule has 5 heteroatoms. The fourth-order valence-corrected chi connectivity index (χ4v) is 2.83. The van der Waals surface area contributed by atoms with Gasteiger partial charge in [-0.2, -0.15) is 0 Å². The van der Waals surface area contributed by atoms with Crippen LogP contribution in [0.2, 0.25) is 0 Å². The van der Waals surface area contributed by atoms with Gasteiger partial charge in [0.2, 0.25) is 5.91 Å². The van der Waals surface area contributed by atoms with Crippen LogP contribution in [-0.2, 0) is 16.1 Å². The molecule has 1 N–H and O–H groups in total. The molecule has 1 aliphatic rings. The van der Waals surface area contributed by atoms with E-state index in [-0.39, 0.29) is 18.5 Å². The van der Waals surface area contributed by atoms with Crippen molar-refractivity contribution in [3.8, 4) is 0 Å². The molecule has 0 spiro atoms. The summed E-state index contributed by atoms with van der Waals surface area (Å²) in [5.74, 6) is -1.02. The fourth-order valence-electron chi connectivity index (χ4n) is 2.83. The van der Waals surface area contributed by atoms with Crippen molar-refractivity contribution >= 4 is 11.9 Å². The number of carbonyl (C=O) groups is 2. The van der Waals surface area contributed by atoms with Crippen LogP contribution in [0.3, 0.4) is 0 Å². The molecule has 114 valence electrons. The second kappa shape index (κ2) is 7.22. The standard InChI is InChI=1S/C16H22N2O3/c1-2-17(12-15(19)20)16(21)14-9-6-10-18(14)11-13-7-4-3-5-8-13/h3-5,7-8,14H,2,6,9-12H2,1H3,(H,19,20)/t14-/m0/s1. The van der Waals surface area contributed by atoms with Crippen LogP contribution in [0.15, 0.2) is 30.3 Å². The van der Waals surface area contributed by atoms with Crippen LogP contribution < -0.4 is 0 Å². The zero-order valence-electron chi connectivity index (χ0n) is 12.4. The number of carbonyl (C=O) groups excluding carboxylic acids is 1. The number of hydrogen-bond acceptors (Lipinski definition) is 3. The topological polar surface area (TPSA) is 60.9 Å². The highest BCUT2D eigenvalue weighted by molar-refractivity contribution is 5.85. The van der Waals surface area contributed by atoms with E-state index >= 15 is 0 Å². The van der Waals surface area contributed by atoms with Crippen molar-refractivity contribution in [2.75, 3.05) is 19.6 Å². The van der Waals surface area contributed by atoms with Gasteiger partial charge >= 0.3 is 5.97 Å². The van der Waals surface area contributed by atoms with Crippen LogP contribution in [0, 0.1) is 0 Å². The predicted molar refractivity (Wildman–Crippen MR) is 79.8 cm³/mol. The fraction of sp³-hybridized carbons (Fsp3) is 0.500. The Bertz CT molecular complexity index is 490. The first-order valence-corrected chi connectivity index (χ1v) is 7.40. The molecule has 1 heterocycles. The first-order chi connectivity index (χ1) is 10.1. The maximum Gasteiger partial charge on any atom is 0.323 e. The van der Waals surface area contributed by atoms with Gasteiger partial charge in [0, 0.05) is 13.1 Å². The SMILES string of the molecule is CCN(CC(=O)O)C(=O)[C@@H]1CCCN1Cc1ccccc1. The summed E-state index contributed by atoms with van der Waals surface area (Å²) in [5.41, 5.74) is 1.18. The van der Waals surface area contributed by atoms with E-state index in [0.717, 1.165) is 25.9 Å². The number of aliphatic carboxylic acids is 1. The lowest BCUT2D eigenvalue weighted by molar-refractivity contribution is -0.146. The first-order valence-electron chi connectivity index (χ1n) is 7.40. The minimum Gasteiger partial charge on any atom is -0.480 e. The Kier molecular flexibility index (Phi) is 5.33. The normalized spacial score (nSPS) is 18.6. The van der Waals surface area contributed by atoms with Gasteiger partial charge in [-0.1, -0.05) is 30.3 Å². The lowest BCUT2D eigenvalue weighted by Gasteiger charge is -2.28. The average Bonchev–Trinajstić information content (AvgIpc) is 2.93. The quantitative estimate of drug-likeness (QED) is 0.864. The summed E-state index contributed by atoms with van der Waals surface area (Å²) in [6.45, 7) is 3.65. The second-order valence-corrected chi connectivity index (χ2v) is 5.36. The van der Waals surface area contributed by atoms with Gasteiger partial charge in [-0.15, -0.1) is 0 Å². The summed E-state index contributed by atoms with van der Waals surface area (Å²) in [5, 5.41) is 8.90. The zero-order chi connectivity index (χ0) is 15.2. The number of nitrogens with zero attached hydrogens (tertiary/aromatic N) is 2. The molecule has 0 unspecified atom stereocenters. The Balaban J connectivity index is 2.03. The molecule has 0 aliphatic carbocycles. The van der Waals surface area contributed by atoms with Gasteiger partial charge in [0.1, 0.15) is 6.54 Å². The molecule has 1 aliphatic heterocycles. The van der Waals surface area contributed by atoms with E-state index in [1.54, 1.807) is 0 Å². The number of amides is 1. The van der Waals surface area contributed by atoms with E-state index in [1.807, 2.05) is 25.1 Å². The number of carboxylic acids is 1. The zero-order valence-corrected chi connectivity index (χ0v) is 12.4. The maximum atomic E-state index is 12.5. The highest BCUT2D eigenvalue weighted by Crippen LogP contribution is 2.21. The van der Waals surface area contributed by atoms with Crippen LogP contribution in [0.1, 0.15) is 25.3 Å². The summed E-state index contributed by atoms with van der Waals surface area (Å²) in [4.78, 5) is 27.0. The van der Waals surface area contributed by atoms with Crippen molar-refractivity contribution in [1.82, 2.24) is 9.80 Å². The van der Waals surface area contributed by atoms with Crippen molar-refractivity contribution in [3.05, 3.63) is 35.9 Å². The first kappa shape index (κ1) is 15.5. The second-order valence-electron chi connectivity index (χ2n) is 5.36. The molecule has 1 saturated heterocycles. The lowest BCUT2D eigenvalue weighted by atomic mass is 10.1. The van der Waals surface area contributed by atoms with Crippen molar-refractivity contribution in [3.63, 3.8) is 0 Å². The Morgan fingerprint density at radius 3 is 2.67 bits per heavy atom. The molecule has 0 saturated carbocycles. The Morgan fingerprint density at radius 1 is 1.33 bits per heavy atom. The molecule has 1 fully saturated rings. The number of hydrogen-bond donors (Lipinski definition) is 1. The van der Waals surface area contributed by atoms with Crippen molar-refractivity contribution in [2.24, 2.45) is 0 Å². The summed E-state index contributed by atoms with van der Waals surface area (Å²) in [6.07, 6.45) is 1.79. The highest BCUT2D eigenvalue weighted by atomic mass is 16.4. The average molecular weight is 290 g/mol. The highest BCUT2D eigenvalue weighted by Gasteiger charge is 2.33. The smallest absolute Gasteiger partial charge is 0.323 e. The third kappa shape index (κ3) is 4.04. The predicted octanol–water partition coefficient (Wildman–Crippen LogP) is 1.58. The van der Waals surface area contributed by atoms with Crippen LogP contribution in [0.25, 0.3) is 0 Å². The van der Waals surface area contributed by atoms with Crippen molar-refractivity contribution < 1.29 is 14.7 Å². The third-order valence-electron chi connectivity index (χ3n) is 3.90. The molecule has 2 rings (SSSR count). The molecular formula is C16H22N2O3. The van der Waals surface area contributed by atoms with Gasteiger partial charge in [-0.05, 0) is 31.9 Å². The molecule has 0 aromatic heterocycles. The van der Waals surface area contributed by atoms with Gasteiger partial charge in [-0.3, -0.25) is 14.5 Å². The van der Waals surface area contributed by atoms with Gasteiger partial charge < -0.3 is 10.0 Å². The van der Waals surface area contributed by atoms with E-state index in [0.29, 0.717) is 6.54 Å². The minimum atomic E-state index is -0.960. The number of likely N-dealkylation sites (tertiary alicyclic amines) is 1. The minimum absolute atomic E-state index is 0.0617. The molecule has 5 nitrogen and oxygen atoms in total. The van der Waals surface area contributed by atoms with E-state index in [9.17, 15) is 9.59 Å². The van der Waals surface area contributed by atoms with Gasteiger partial charge in [0.25, 0.3) is 0 Å². The Morgan fingerprint density at radius 2 is 2.05 bits per heavy atom. The van der Waals surface area contributed by atoms with Crippen LogP contribution in [0.4, 0.5) is 0 Å². The molecule has 21 heavy (non-hydrogen) atoms. The Labute approximate surface area is 125 Å². The molecule has 1 atom stereocenters. The number of rotatable bonds is 6. The van der Waals surface area contributed by atoms with Crippen molar-refractivity contribution in [1.29, 1.82) is 0 Å². The lowest BCUT2D eigenvalue weighted by Crippen LogP contribution is -2.47. The summed E-state index contributed by atoms with van der Waals surface area (Å²) in [6, 6.07) is 9.87. The summed E-state index contributed by atoms with van der Waals surface area (Å²) in [7, 11) is 0. The number of likely N-dealkylation sites (N-methyl/N-ethyl adjacent to an activating group) is 1. The van der Waals surface area contributed by atoms with Crippen LogP contribution >= 0.6 is 0 Å². The van der Waals surface area contributed by atoms with Gasteiger partial charge in [-0.25, -0.2) is 0 Å². The third-order valence-corrected chi connectivity index (χ3v) is 3.90.